The molecular formula is C31H37N5O5. The fourth-order valence-corrected chi connectivity index (χ4v) is 4.99. The highest BCUT2D eigenvalue weighted by atomic mass is 16.6. The maximum atomic E-state index is 13.4. The van der Waals surface area contributed by atoms with Crippen LogP contribution >= 0.6 is 0 Å². The molecule has 0 spiro atoms. The largest absolute Gasteiger partial charge is 0.486 e. The molecule has 2 aliphatic heterocycles. The summed E-state index contributed by atoms with van der Waals surface area (Å²) < 4.78 is 11.3. The molecule has 3 aromatic carbocycles. The number of hydrogen-bond acceptors (Lipinski definition) is 7. The molecule has 0 aromatic heterocycles. The zero-order valence-electron chi connectivity index (χ0n) is 23.1. The number of anilines is 3. The molecule has 0 saturated carbocycles. The Kier molecular flexibility index (Phi) is 9.22. The van der Waals surface area contributed by atoms with E-state index < -0.39 is 0 Å². The van der Waals surface area contributed by atoms with Gasteiger partial charge in [-0.25, -0.2) is 4.79 Å². The number of ether oxygens (including phenoxy) is 2. The van der Waals surface area contributed by atoms with Gasteiger partial charge in [-0.15, -0.1) is 0 Å². The fourth-order valence-electron chi connectivity index (χ4n) is 4.99. The van der Waals surface area contributed by atoms with Crippen molar-refractivity contribution in [3.63, 3.8) is 0 Å². The lowest BCUT2D eigenvalue weighted by atomic mass is 10.1. The standard InChI is InChI=1S/C31H37N5O5/c32-26-4-1-2-5-27(26)34-30(38)23-8-6-22(7-9-23)21-36(15-3-14-35-16-12-25(37)13-17-35)31(39)33-24-10-11-28-29(20-24)41-19-18-40-28/h1-2,4-11,20,25,37H,3,12-19,21,32H2,(H,33,39)(H,34,38). The summed E-state index contributed by atoms with van der Waals surface area (Å²) in [6.45, 7) is 4.47. The Balaban J connectivity index is 1.23. The summed E-state index contributed by atoms with van der Waals surface area (Å²) in [5.41, 5.74) is 9.04. The highest BCUT2D eigenvalue weighted by Gasteiger charge is 2.20. The van der Waals surface area contributed by atoms with Crippen molar-refractivity contribution in [1.29, 1.82) is 0 Å². The Morgan fingerprint density at radius 1 is 0.951 bits per heavy atom. The summed E-state index contributed by atoms with van der Waals surface area (Å²) in [5.74, 6) is 1.02. The number of aliphatic hydroxyl groups is 1. The van der Waals surface area contributed by atoms with Gasteiger partial charge < -0.3 is 40.7 Å². The second-order valence-corrected chi connectivity index (χ2v) is 10.4. The van der Waals surface area contributed by atoms with Crippen LogP contribution in [0.2, 0.25) is 0 Å². The molecular weight excluding hydrogens is 522 g/mol. The van der Waals surface area contributed by atoms with E-state index in [4.69, 9.17) is 15.2 Å². The molecule has 0 aliphatic carbocycles. The third kappa shape index (κ3) is 7.68. The van der Waals surface area contributed by atoms with Gasteiger partial charge in [-0.3, -0.25) is 4.79 Å². The molecule has 1 fully saturated rings. The quantitative estimate of drug-likeness (QED) is 0.290. The van der Waals surface area contributed by atoms with E-state index >= 15 is 0 Å². The normalized spacial score (nSPS) is 15.2. The monoisotopic (exact) mass is 559 g/mol. The number of carbonyl (C=O) groups is 2. The van der Waals surface area contributed by atoms with Crippen LogP contribution in [0.3, 0.4) is 0 Å². The van der Waals surface area contributed by atoms with Crippen LogP contribution in [0.4, 0.5) is 21.9 Å². The van der Waals surface area contributed by atoms with Gasteiger partial charge in [0.1, 0.15) is 13.2 Å². The number of carbonyl (C=O) groups excluding carboxylic acids is 2. The number of likely N-dealkylation sites (tertiary alicyclic amines) is 1. The van der Waals surface area contributed by atoms with Crippen molar-refractivity contribution in [3.05, 3.63) is 77.9 Å². The van der Waals surface area contributed by atoms with Crippen LogP contribution in [0.5, 0.6) is 11.5 Å². The van der Waals surface area contributed by atoms with Crippen molar-refractivity contribution in [1.82, 2.24) is 9.80 Å². The van der Waals surface area contributed by atoms with Crippen LogP contribution < -0.4 is 25.8 Å². The SMILES string of the molecule is Nc1ccccc1NC(=O)c1ccc(CN(CCCN2CCC(O)CC2)C(=O)Nc2ccc3c(c2)OCCO3)cc1. The Morgan fingerprint density at radius 2 is 1.68 bits per heavy atom. The minimum absolute atomic E-state index is 0.213. The average Bonchev–Trinajstić information content (AvgIpc) is 2.99. The first-order valence-corrected chi connectivity index (χ1v) is 14.1. The number of para-hydroxylation sites is 2. The smallest absolute Gasteiger partial charge is 0.322 e. The van der Waals surface area contributed by atoms with Gasteiger partial charge in [-0.2, -0.15) is 0 Å². The van der Waals surface area contributed by atoms with Crippen LogP contribution in [-0.4, -0.2) is 72.3 Å². The molecule has 2 aliphatic rings. The summed E-state index contributed by atoms with van der Waals surface area (Å²) in [6.07, 6.45) is 2.15. The van der Waals surface area contributed by atoms with Crippen LogP contribution in [0.1, 0.15) is 35.2 Å². The van der Waals surface area contributed by atoms with Crippen molar-refractivity contribution in [2.24, 2.45) is 0 Å². The molecule has 5 rings (SSSR count). The Morgan fingerprint density at radius 3 is 2.44 bits per heavy atom. The van der Waals surface area contributed by atoms with Crippen LogP contribution in [-0.2, 0) is 6.54 Å². The minimum Gasteiger partial charge on any atom is -0.486 e. The molecule has 1 saturated heterocycles. The number of nitrogens with two attached hydrogens (primary N) is 1. The van der Waals surface area contributed by atoms with Gasteiger partial charge in [0, 0.05) is 43.5 Å². The van der Waals surface area contributed by atoms with Gasteiger partial charge in [0.25, 0.3) is 5.91 Å². The third-order valence-electron chi connectivity index (χ3n) is 7.34. The van der Waals surface area contributed by atoms with E-state index in [0.717, 1.165) is 44.5 Å². The second kappa shape index (κ2) is 13.4. The molecule has 2 heterocycles. The maximum Gasteiger partial charge on any atom is 0.322 e. The molecule has 3 amide bonds. The predicted octanol–water partition coefficient (Wildman–Crippen LogP) is 4.17. The van der Waals surface area contributed by atoms with Gasteiger partial charge in [-0.1, -0.05) is 24.3 Å². The Labute approximate surface area is 240 Å². The van der Waals surface area contributed by atoms with Gasteiger partial charge in [0.05, 0.1) is 17.5 Å². The number of urea groups is 1. The topological polar surface area (TPSA) is 129 Å². The summed E-state index contributed by atoms with van der Waals surface area (Å²) in [7, 11) is 0. The first-order chi connectivity index (χ1) is 19.9. The van der Waals surface area contributed by atoms with Crippen molar-refractivity contribution in [2.45, 2.75) is 31.9 Å². The van der Waals surface area contributed by atoms with E-state index in [0.29, 0.717) is 60.4 Å². The molecule has 41 heavy (non-hydrogen) atoms. The zero-order valence-corrected chi connectivity index (χ0v) is 23.1. The van der Waals surface area contributed by atoms with Crippen molar-refractivity contribution < 1.29 is 24.2 Å². The van der Waals surface area contributed by atoms with Crippen molar-refractivity contribution in [2.75, 3.05) is 55.8 Å². The number of hydrogen-bond donors (Lipinski definition) is 4. The molecule has 3 aromatic rings. The van der Waals surface area contributed by atoms with Gasteiger partial charge in [-0.05, 0) is 67.8 Å². The molecule has 5 N–H and O–H groups in total. The molecule has 10 heteroatoms. The highest BCUT2D eigenvalue weighted by molar-refractivity contribution is 6.05. The third-order valence-corrected chi connectivity index (χ3v) is 7.34. The van der Waals surface area contributed by atoms with Crippen molar-refractivity contribution in [3.8, 4) is 11.5 Å². The minimum atomic E-state index is -0.255. The highest BCUT2D eigenvalue weighted by Crippen LogP contribution is 2.32. The molecule has 216 valence electrons. The van der Waals surface area contributed by atoms with Gasteiger partial charge >= 0.3 is 6.03 Å². The summed E-state index contributed by atoms with van der Waals surface area (Å²) >= 11 is 0. The lowest BCUT2D eigenvalue weighted by molar-refractivity contribution is 0.0808. The predicted molar refractivity (Wildman–Crippen MR) is 158 cm³/mol. The van der Waals surface area contributed by atoms with Crippen LogP contribution in [0.25, 0.3) is 0 Å². The number of amides is 3. The molecule has 0 bridgehead atoms. The Bertz CT molecular complexity index is 1340. The number of rotatable bonds is 9. The van der Waals surface area contributed by atoms with E-state index in [1.165, 1.54) is 0 Å². The van der Waals surface area contributed by atoms with E-state index in [1.807, 2.05) is 24.3 Å². The zero-order chi connectivity index (χ0) is 28.6. The van der Waals surface area contributed by atoms with Crippen LogP contribution in [0.15, 0.2) is 66.7 Å². The average molecular weight is 560 g/mol. The van der Waals surface area contributed by atoms with Gasteiger partial charge in [0.15, 0.2) is 11.5 Å². The first kappa shape index (κ1) is 28.3. The molecule has 10 nitrogen and oxygen atoms in total. The number of nitrogens with one attached hydrogen (secondary N) is 2. The lowest BCUT2D eigenvalue weighted by Crippen LogP contribution is -2.39. The van der Waals surface area contributed by atoms with E-state index in [-0.39, 0.29) is 18.0 Å². The number of benzene rings is 3. The number of nitrogens with zero attached hydrogens (tertiary/aromatic N) is 2. The van der Waals surface area contributed by atoms with Crippen molar-refractivity contribution >= 4 is 29.0 Å². The molecule has 0 atom stereocenters. The second-order valence-electron chi connectivity index (χ2n) is 10.4. The van der Waals surface area contributed by atoms with E-state index in [1.54, 1.807) is 47.4 Å². The summed E-state index contributed by atoms with van der Waals surface area (Å²) in [5, 5.41) is 15.6. The Hall–Kier alpha value is -4.28. The maximum absolute atomic E-state index is 13.4. The fraction of sp³-hybridized carbons (Fsp3) is 0.355. The number of nitrogen functional groups attached to an aromatic ring is 1. The summed E-state index contributed by atoms with van der Waals surface area (Å²) in [4.78, 5) is 30.3. The van der Waals surface area contributed by atoms with Crippen LogP contribution in [0, 0.1) is 0 Å². The summed E-state index contributed by atoms with van der Waals surface area (Å²) in [6, 6.07) is 19.5. The molecule has 0 unspecified atom stereocenters. The van der Waals surface area contributed by atoms with E-state index in [2.05, 4.69) is 15.5 Å². The number of piperidine rings is 1. The first-order valence-electron chi connectivity index (χ1n) is 14.1. The van der Waals surface area contributed by atoms with Gasteiger partial charge in [0.2, 0.25) is 0 Å². The van der Waals surface area contributed by atoms with E-state index in [9.17, 15) is 14.7 Å². The number of fused-ring (bicyclic) bond motifs is 1. The lowest BCUT2D eigenvalue weighted by Gasteiger charge is -2.30. The number of aliphatic hydroxyl groups excluding tert-OH is 1. The molecule has 0 radical (unpaired) electrons.